The lowest BCUT2D eigenvalue weighted by molar-refractivity contribution is -0.119. The van der Waals surface area contributed by atoms with Gasteiger partial charge in [-0.25, -0.2) is 14.5 Å². The van der Waals surface area contributed by atoms with Crippen LogP contribution in [0.1, 0.15) is 21.6 Å². The summed E-state index contributed by atoms with van der Waals surface area (Å²) < 4.78 is 8.56. The number of hydrogen-bond acceptors (Lipinski definition) is 6. The first-order valence-corrected chi connectivity index (χ1v) is 11.4. The third-order valence-electron chi connectivity index (χ3n) is 5.76. The van der Waals surface area contributed by atoms with Crippen LogP contribution in [0.5, 0.6) is 0 Å². The van der Waals surface area contributed by atoms with Gasteiger partial charge in [-0.15, -0.1) is 0 Å². The Labute approximate surface area is 207 Å². The van der Waals surface area contributed by atoms with Crippen molar-refractivity contribution in [1.29, 1.82) is 0 Å². The van der Waals surface area contributed by atoms with Crippen LogP contribution in [-0.4, -0.2) is 43.0 Å². The van der Waals surface area contributed by atoms with Crippen molar-refractivity contribution in [3.05, 3.63) is 89.7 Å². The number of esters is 1. The van der Waals surface area contributed by atoms with Crippen molar-refractivity contribution in [3.8, 4) is 16.9 Å². The molecule has 0 bridgehead atoms. The number of para-hydroxylation sites is 1. The third kappa shape index (κ3) is 4.58. The van der Waals surface area contributed by atoms with Crippen LogP contribution in [0, 0.1) is 13.8 Å². The number of anilines is 1. The average molecular weight is 481 g/mol. The highest BCUT2D eigenvalue weighted by molar-refractivity contribution is 5.97. The number of carbonyl (C=O) groups is 2. The lowest BCUT2D eigenvalue weighted by Crippen LogP contribution is -2.22. The van der Waals surface area contributed by atoms with Crippen LogP contribution in [0.25, 0.3) is 28.0 Å². The van der Waals surface area contributed by atoms with Crippen molar-refractivity contribution >= 4 is 28.7 Å². The van der Waals surface area contributed by atoms with E-state index in [1.165, 1.54) is 6.20 Å². The highest BCUT2D eigenvalue weighted by Gasteiger charge is 2.17. The van der Waals surface area contributed by atoms with Gasteiger partial charge < -0.3 is 10.1 Å². The molecule has 0 radical (unpaired) electrons. The number of carbonyl (C=O) groups excluding carboxylic acids is 2. The molecule has 1 N–H and O–H groups in total. The lowest BCUT2D eigenvalue weighted by atomic mass is 10.1. The number of pyridine rings is 1. The Balaban J connectivity index is 1.33. The second-order valence-electron chi connectivity index (χ2n) is 8.46. The SMILES string of the molecule is Cc1ccc(-c2cc(NC(=O)COC(=O)c3cnc4c(c3)c(C)nn4C)n(-c3ccccc3)n2)cc1. The fourth-order valence-corrected chi connectivity index (χ4v) is 3.91. The van der Waals surface area contributed by atoms with Crippen LogP contribution in [0.4, 0.5) is 5.82 Å². The molecule has 9 nitrogen and oxygen atoms in total. The predicted molar refractivity (Wildman–Crippen MR) is 136 cm³/mol. The van der Waals surface area contributed by atoms with Crippen LogP contribution < -0.4 is 5.32 Å². The van der Waals surface area contributed by atoms with Crippen LogP contribution in [-0.2, 0) is 16.6 Å². The van der Waals surface area contributed by atoms with Gasteiger partial charge in [0.15, 0.2) is 12.3 Å². The van der Waals surface area contributed by atoms with Gasteiger partial charge >= 0.3 is 5.97 Å². The number of amides is 1. The van der Waals surface area contributed by atoms with Gasteiger partial charge in [-0.3, -0.25) is 9.48 Å². The number of nitrogens with zero attached hydrogens (tertiary/aromatic N) is 5. The molecule has 5 aromatic rings. The molecule has 3 aromatic heterocycles. The van der Waals surface area contributed by atoms with Crippen molar-refractivity contribution in [2.75, 3.05) is 11.9 Å². The van der Waals surface area contributed by atoms with E-state index in [9.17, 15) is 9.59 Å². The molecular weight excluding hydrogens is 456 g/mol. The first-order chi connectivity index (χ1) is 17.4. The Morgan fingerprint density at radius 2 is 1.72 bits per heavy atom. The molecule has 2 aromatic carbocycles. The summed E-state index contributed by atoms with van der Waals surface area (Å²) in [5.41, 5.74) is 5.23. The standard InChI is InChI=1S/C27H24N6O3/c1-17-9-11-19(12-10-17)23-14-24(33(31-23)21-7-5-4-6-8-21)29-25(34)16-36-27(35)20-13-22-18(2)30-32(3)26(22)28-15-20/h4-15H,16H2,1-3H3,(H,29,34). The summed E-state index contributed by atoms with van der Waals surface area (Å²) in [4.78, 5) is 29.6. The molecule has 0 spiro atoms. The summed E-state index contributed by atoms with van der Waals surface area (Å²) in [5.74, 6) is -0.658. The van der Waals surface area contributed by atoms with E-state index in [1.54, 1.807) is 28.5 Å². The van der Waals surface area contributed by atoms with Gasteiger partial charge in [-0.1, -0.05) is 48.0 Å². The fraction of sp³-hybridized carbons (Fsp3) is 0.148. The smallest absolute Gasteiger partial charge is 0.340 e. The number of rotatable bonds is 6. The van der Waals surface area contributed by atoms with Gasteiger partial charge in [0.25, 0.3) is 5.91 Å². The molecule has 3 heterocycles. The van der Waals surface area contributed by atoms with Crippen molar-refractivity contribution in [1.82, 2.24) is 24.5 Å². The molecule has 0 atom stereocenters. The van der Waals surface area contributed by atoms with Crippen LogP contribution in [0.3, 0.4) is 0 Å². The minimum Gasteiger partial charge on any atom is -0.452 e. The van der Waals surface area contributed by atoms with Gasteiger partial charge in [-0.05, 0) is 32.0 Å². The Kier molecular flexibility index (Phi) is 6.03. The minimum atomic E-state index is -0.639. The van der Waals surface area contributed by atoms with E-state index < -0.39 is 18.5 Å². The maximum Gasteiger partial charge on any atom is 0.340 e. The first-order valence-electron chi connectivity index (χ1n) is 11.4. The zero-order valence-corrected chi connectivity index (χ0v) is 20.1. The van der Waals surface area contributed by atoms with E-state index in [0.717, 1.165) is 27.9 Å². The second-order valence-corrected chi connectivity index (χ2v) is 8.46. The summed E-state index contributed by atoms with van der Waals surface area (Å²) in [7, 11) is 1.79. The van der Waals surface area contributed by atoms with Gasteiger partial charge in [0.1, 0.15) is 5.82 Å². The molecule has 0 saturated heterocycles. The molecule has 0 saturated carbocycles. The van der Waals surface area contributed by atoms with E-state index in [2.05, 4.69) is 15.4 Å². The van der Waals surface area contributed by atoms with E-state index in [0.29, 0.717) is 17.2 Å². The van der Waals surface area contributed by atoms with Gasteiger partial charge in [0, 0.05) is 30.3 Å². The number of fused-ring (bicyclic) bond motifs is 1. The zero-order chi connectivity index (χ0) is 25.2. The number of nitrogens with one attached hydrogen (secondary N) is 1. The molecule has 1 amide bonds. The molecule has 0 unspecified atom stereocenters. The van der Waals surface area contributed by atoms with Crippen molar-refractivity contribution in [3.63, 3.8) is 0 Å². The number of aryl methyl sites for hydroxylation is 3. The predicted octanol–water partition coefficient (Wildman–Crippen LogP) is 4.23. The minimum absolute atomic E-state index is 0.252. The van der Waals surface area contributed by atoms with E-state index in [1.807, 2.05) is 68.4 Å². The molecule has 0 aliphatic rings. The second kappa shape index (κ2) is 9.46. The van der Waals surface area contributed by atoms with Crippen LogP contribution in [0.2, 0.25) is 0 Å². The lowest BCUT2D eigenvalue weighted by Gasteiger charge is -2.09. The summed E-state index contributed by atoms with van der Waals surface area (Å²) in [6.45, 7) is 3.40. The molecular formula is C27H24N6O3. The van der Waals surface area contributed by atoms with Crippen molar-refractivity contribution < 1.29 is 14.3 Å². The summed E-state index contributed by atoms with van der Waals surface area (Å²) >= 11 is 0. The summed E-state index contributed by atoms with van der Waals surface area (Å²) in [5, 5.41) is 12.6. The molecule has 9 heteroatoms. The zero-order valence-electron chi connectivity index (χ0n) is 20.1. The molecule has 0 aliphatic carbocycles. The first kappa shape index (κ1) is 23.0. The Bertz CT molecular complexity index is 1570. The monoisotopic (exact) mass is 480 g/mol. The molecule has 36 heavy (non-hydrogen) atoms. The number of benzene rings is 2. The molecule has 5 rings (SSSR count). The highest BCUT2D eigenvalue weighted by atomic mass is 16.5. The quantitative estimate of drug-likeness (QED) is 0.365. The fourth-order valence-electron chi connectivity index (χ4n) is 3.91. The molecule has 180 valence electrons. The number of aromatic nitrogens is 5. The van der Waals surface area contributed by atoms with E-state index >= 15 is 0 Å². The van der Waals surface area contributed by atoms with E-state index in [4.69, 9.17) is 9.84 Å². The highest BCUT2D eigenvalue weighted by Crippen LogP contribution is 2.25. The van der Waals surface area contributed by atoms with Crippen LogP contribution in [0.15, 0.2) is 72.9 Å². The van der Waals surface area contributed by atoms with Gasteiger partial charge in [-0.2, -0.15) is 10.2 Å². The van der Waals surface area contributed by atoms with Gasteiger partial charge in [0.05, 0.1) is 22.6 Å². The summed E-state index contributed by atoms with van der Waals surface area (Å²) in [6.07, 6.45) is 1.42. The Morgan fingerprint density at radius 1 is 0.972 bits per heavy atom. The molecule has 0 aliphatic heterocycles. The number of hydrogen-bond donors (Lipinski definition) is 1. The topological polar surface area (TPSA) is 104 Å². The largest absolute Gasteiger partial charge is 0.452 e. The van der Waals surface area contributed by atoms with Crippen LogP contribution >= 0.6 is 0 Å². The van der Waals surface area contributed by atoms with Crippen molar-refractivity contribution in [2.24, 2.45) is 7.05 Å². The Hall–Kier alpha value is -4.79. The normalized spacial score (nSPS) is 11.0. The average Bonchev–Trinajstić information content (AvgIpc) is 3.43. The maximum atomic E-state index is 12.7. The third-order valence-corrected chi connectivity index (χ3v) is 5.76. The number of ether oxygens (including phenoxy) is 1. The summed E-state index contributed by atoms with van der Waals surface area (Å²) in [6, 6.07) is 20.9. The Morgan fingerprint density at radius 3 is 2.47 bits per heavy atom. The van der Waals surface area contributed by atoms with E-state index in [-0.39, 0.29) is 5.56 Å². The molecule has 0 fully saturated rings. The maximum absolute atomic E-state index is 12.7. The van der Waals surface area contributed by atoms with Crippen molar-refractivity contribution in [2.45, 2.75) is 13.8 Å². The van der Waals surface area contributed by atoms with Gasteiger partial charge in [0.2, 0.25) is 0 Å².